The number of nitrogens with one attached hydrogen (secondary N) is 1. The molecular formula is C14H20N2O. The number of amides is 1. The molecule has 0 aromatic heterocycles. The van der Waals surface area contributed by atoms with Gasteiger partial charge in [-0.25, -0.2) is 0 Å². The minimum absolute atomic E-state index is 0.171. The smallest absolute Gasteiger partial charge is 0.227 e. The van der Waals surface area contributed by atoms with E-state index < -0.39 is 0 Å². The summed E-state index contributed by atoms with van der Waals surface area (Å²) in [6.07, 6.45) is 0.969. The molecule has 1 amide bonds. The average Bonchev–Trinajstić information content (AvgIpc) is 2.81. The van der Waals surface area contributed by atoms with Crippen molar-refractivity contribution in [2.75, 3.05) is 20.1 Å². The van der Waals surface area contributed by atoms with Gasteiger partial charge in [0.1, 0.15) is 0 Å². The van der Waals surface area contributed by atoms with Crippen molar-refractivity contribution in [1.82, 2.24) is 10.2 Å². The fourth-order valence-electron chi connectivity index (χ4n) is 2.34. The molecule has 1 saturated heterocycles. The second-order valence-electron chi connectivity index (χ2n) is 4.87. The Labute approximate surface area is 103 Å². The Morgan fingerprint density at radius 1 is 1.53 bits per heavy atom. The SMILES string of the molecule is Cc1cccc(CN(C)C(=O)C2CCNC2)c1. The van der Waals surface area contributed by atoms with Gasteiger partial charge < -0.3 is 10.2 Å². The predicted octanol–water partition coefficient (Wildman–Crippen LogP) is 1.56. The van der Waals surface area contributed by atoms with Gasteiger partial charge in [-0.3, -0.25) is 4.79 Å². The Balaban J connectivity index is 1.96. The fraction of sp³-hybridized carbons (Fsp3) is 0.500. The fourth-order valence-corrected chi connectivity index (χ4v) is 2.34. The predicted molar refractivity (Wildman–Crippen MR) is 68.6 cm³/mol. The van der Waals surface area contributed by atoms with E-state index in [9.17, 15) is 4.79 Å². The quantitative estimate of drug-likeness (QED) is 0.858. The van der Waals surface area contributed by atoms with E-state index in [2.05, 4.69) is 30.4 Å². The summed E-state index contributed by atoms with van der Waals surface area (Å²) in [7, 11) is 1.89. The zero-order valence-electron chi connectivity index (χ0n) is 10.6. The van der Waals surface area contributed by atoms with E-state index in [1.165, 1.54) is 11.1 Å². The van der Waals surface area contributed by atoms with Gasteiger partial charge in [0.15, 0.2) is 0 Å². The highest BCUT2D eigenvalue weighted by atomic mass is 16.2. The van der Waals surface area contributed by atoms with Gasteiger partial charge in [-0.15, -0.1) is 0 Å². The molecule has 1 aliphatic heterocycles. The van der Waals surface area contributed by atoms with Crippen molar-refractivity contribution in [3.63, 3.8) is 0 Å². The first-order chi connectivity index (χ1) is 8.16. The van der Waals surface area contributed by atoms with Gasteiger partial charge in [-0.1, -0.05) is 29.8 Å². The molecule has 0 bridgehead atoms. The van der Waals surface area contributed by atoms with Crippen LogP contribution in [0.15, 0.2) is 24.3 Å². The van der Waals surface area contributed by atoms with Crippen LogP contribution in [0.4, 0.5) is 0 Å². The summed E-state index contributed by atoms with van der Waals surface area (Å²) in [5.74, 6) is 0.432. The molecule has 3 heteroatoms. The summed E-state index contributed by atoms with van der Waals surface area (Å²) >= 11 is 0. The first-order valence-electron chi connectivity index (χ1n) is 6.18. The van der Waals surface area contributed by atoms with Crippen LogP contribution in [-0.2, 0) is 11.3 Å². The van der Waals surface area contributed by atoms with Crippen LogP contribution in [0.3, 0.4) is 0 Å². The number of rotatable bonds is 3. The van der Waals surface area contributed by atoms with Gasteiger partial charge in [0.2, 0.25) is 5.91 Å². The molecule has 0 aliphatic carbocycles. The van der Waals surface area contributed by atoms with Gasteiger partial charge >= 0.3 is 0 Å². The van der Waals surface area contributed by atoms with Crippen LogP contribution in [0.1, 0.15) is 17.5 Å². The van der Waals surface area contributed by atoms with Crippen molar-refractivity contribution < 1.29 is 4.79 Å². The lowest BCUT2D eigenvalue weighted by molar-refractivity contribution is -0.134. The molecule has 0 saturated carbocycles. The molecule has 1 unspecified atom stereocenters. The van der Waals surface area contributed by atoms with Crippen molar-refractivity contribution in [3.05, 3.63) is 35.4 Å². The molecule has 0 spiro atoms. The van der Waals surface area contributed by atoms with Crippen LogP contribution in [0.2, 0.25) is 0 Å². The maximum Gasteiger partial charge on any atom is 0.227 e. The van der Waals surface area contributed by atoms with E-state index >= 15 is 0 Å². The maximum atomic E-state index is 12.1. The summed E-state index contributed by atoms with van der Waals surface area (Å²) in [4.78, 5) is 14.0. The molecule has 1 heterocycles. The molecule has 17 heavy (non-hydrogen) atoms. The maximum absolute atomic E-state index is 12.1. The zero-order chi connectivity index (χ0) is 12.3. The third-order valence-corrected chi connectivity index (χ3v) is 3.29. The van der Waals surface area contributed by atoms with Crippen molar-refractivity contribution >= 4 is 5.91 Å². The Kier molecular flexibility index (Phi) is 3.79. The van der Waals surface area contributed by atoms with Crippen molar-refractivity contribution in [2.24, 2.45) is 5.92 Å². The number of carbonyl (C=O) groups is 1. The van der Waals surface area contributed by atoms with Crippen LogP contribution < -0.4 is 5.32 Å². The summed E-state index contributed by atoms with van der Waals surface area (Å²) in [5, 5.41) is 3.23. The molecule has 2 rings (SSSR count). The third-order valence-electron chi connectivity index (χ3n) is 3.29. The van der Waals surface area contributed by atoms with Gasteiger partial charge in [0.05, 0.1) is 5.92 Å². The van der Waals surface area contributed by atoms with Crippen LogP contribution in [0, 0.1) is 12.8 Å². The van der Waals surface area contributed by atoms with Crippen LogP contribution in [-0.4, -0.2) is 30.9 Å². The van der Waals surface area contributed by atoms with Gasteiger partial charge in [-0.05, 0) is 25.5 Å². The van der Waals surface area contributed by atoms with Crippen molar-refractivity contribution in [1.29, 1.82) is 0 Å². The minimum atomic E-state index is 0.171. The van der Waals surface area contributed by atoms with Crippen LogP contribution in [0.25, 0.3) is 0 Å². The van der Waals surface area contributed by atoms with Gasteiger partial charge in [0.25, 0.3) is 0 Å². The number of carbonyl (C=O) groups excluding carboxylic acids is 1. The lowest BCUT2D eigenvalue weighted by Crippen LogP contribution is -2.33. The monoisotopic (exact) mass is 232 g/mol. The Hall–Kier alpha value is -1.35. The second kappa shape index (κ2) is 5.32. The number of nitrogens with zero attached hydrogens (tertiary/aromatic N) is 1. The molecule has 1 aliphatic rings. The van der Waals surface area contributed by atoms with E-state index in [4.69, 9.17) is 0 Å². The Bertz CT molecular complexity index is 397. The van der Waals surface area contributed by atoms with E-state index in [1.54, 1.807) is 0 Å². The zero-order valence-corrected chi connectivity index (χ0v) is 10.6. The Morgan fingerprint density at radius 2 is 2.35 bits per heavy atom. The minimum Gasteiger partial charge on any atom is -0.341 e. The number of aryl methyl sites for hydroxylation is 1. The molecule has 1 atom stereocenters. The van der Waals surface area contributed by atoms with Crippen molar-refractivity contribution in [3.8, 4) is 0 Å². The standard InChI is InChI=1S/C14H20N2O/c1-11-4-3-5-12(8-11)10-16(2)14(17)13-6-7-15-9-13/h3-5,8,13,15H,6-7,9-10H2,1-2H3. The highest BCUT2D eigenvalue weighted by molar-refractivity contribution is 5.79. The normalized spacial score (nSPS) is 19.3. The van der Waals surface area contributed by atoms with Gasteiger partial charge in [0, 0.05) is 20.1 Å². The second-order valence-corrected chi connectivity index (χ2v) is 4.87. The molecule has 1 fully saturated rings. The Morgan fingerprint density at radius 3 is 3.00 bits per heavy atom. The first kappa shape index (κ1) is 12.1. The largest absolute Gasteiger partial charge is 0.341 e. The van der Waals surface area contributed by atoms with E-state index in [-0.39, 0.29) is 11.8 Å². The first-order valence-corrected chi connectivity index (χ1v) is 6.18. The van der Waals surface area contributed by atoms with Crippen LogP contribution >= 0.6 is 0 Å². The molecular weight excluding hydrogens is 212 g/mol. The summed E-state index contributed by atoms with van der Waals surface area (Å²) in [5.41, 5.74) is 2.44. The molecule has 92 valence electrons. The highest BCUT2D eigenvalue weighted by Gasteiger charge is 2.25. The van der Waals surface area contributed by atoms with Crippen LogP contribution in [0.5, 0.6) is 0 Å². The average molecular weight is 232 g/mol. The summed E-state index contributed by atoms with van der Waals surface area (Å²) in [6, 6.07) is 8.33. The number of hydrogen-bond acceptors (Lipinski definition) is 2. The third kappa shape index (κ3) is 3.07. The summed E-state index contributed by atoms with van der Waals surface area (Å²) < 4.78 is 0. The van der Waals surface area contributed by atoms with E-state index in [0.29, 0.717) is 6.54 Å². The van der Waals surface area contributed by atoms with Crippen molar-refractivity contribution in [2.45, 2.75) is 19.9 Å². The highest BCUT2D eigenvalue weighted by Crippen LogP contribution is 2.13. The van der Waals surface area contributed by atoms with Gasteiger partial charge in [-0.2, -0.15) is 0 Å². The number of benzene rings is 1. The topological polar surface area (TPSA) is 32.3 Å². The lowest BCUT2D eigenvalue weighted by Gasteiger charge is -2.20. The summed E-state index contributed by atoms with van der Waals surface area (Å²) in [6.45, 7) is 4.58. The number of hydrogen-bond donors (Lipinski definition) is 1. The molecule has 1 aromatic rings. The van der Waals surface area contributed by atoms with E-state index in [1.807, 2.05) is 18.0 Å². The molecule has 3 nitrogen and oxygen atoms in total. The molecule has 1 N–H and O–H groups in total. The lowest BCUT2D eigenvalue weighted by atomic mass is 10.1. The molecule has 0 radical (unpaired) electrons. The molecule has 1 aromatic carbocycles. The van der Waals surface area contributed by atoms with E-state index in [0.717, 1.165) is 19.5 Å².